The maximum absolute atomic E-state index is 12.8. The van der Waals surface area contributed by atoms with Gasteiger partial charge in [0, 0.05) is 29.8 Å². The Morgan fingerprint density at radius 3 is 2.18 bits per heavy atom. The summed E-state index contributed by atoms with van der Waals surface area (Å²) in [6.45, 7) is 8.43. The van der Waals surface area contributed by atoms with E-state index in [9.17, 15) is 13.2 Å². The van der Waals surface area contributed by atoms with Crippen molar-refractivity contribution in [3.05, 3.63) is 23.3 Å². The summed E-state index contributed by atoms with van der Waals surface area (Å²) in [5, 5.41) is 0. The zero-order valence-corrected chi connectivity index (χ0v) is 15.1. The predicted octanol–water partition coefficient (Wildman–Crippen LogP) is 3.23. The fraction of sp³-hybridized carbons (Fsp3) is 0.533. The van der Waals surface area contributed by atoms with Crippen LogP contribution in [0.3, 0.4) is 0 Å². The molecule has 1 aromatic carbocycles. The average molecular weight is 348 g/mol. The number of benzene rings is 1. The number of carbonyl (C=O) groups excluding carboxylic acids is 1. The second-order valence-electron chi connectivity index (χ2n) is 5.16. The minimum absolute atomic E-state index is 0.0539. The summed E-state index contributed by atoms with van der Waals surface area (Å²) in [5.74, 6) is -0.0311. The molecule has 0 unspecified atom stereocenters. The lowest BCUT2D eigenvalue weighted by Crippen LogP contribution is -2.32. The van der Waals surface area contributed by atoms with E-state index in [1.54, 1.807) is 11.0 Å². The molecule has 0 aliphatic carbocycles. The van der Waals surface area contributed by atoms with Crippen molar-refractivity contribution in [2.75, 3.05) is 20.2 Å². The van der Waals surface area contributed by atoms with Gasteiger partial charge in [0.2, 0.25) is 0 Å². The first-order valence-electron chi connectivity index (χ1n) is 7.13. The number of hydrogen-bond acceptors (Lipinski definition) is 4. The fourth-order valence-electron chi connectivity index (χ4n) is 2.27. The second kappa shape index (κ2) is 7.33. The van der Waals surface area contributed by atoms with E-state index < -0.39 is 9.05 Å². The second-order valence-corrected chi connectivity index (χ2v) is 7.69. The van der Waals surface area contributed by atoms with Crippen LogP contribution in [-0.4, -0.2) is 39.4 Å². The van der Waals surface area contributed by atoms with E-state index in [1.165, 1.54) is 13.2 Å². The zero-order valence-electron chi connectivity index (χ0n) is 13.5. The van der Waals surface area contributed by atoms with Gasteiger partial charge in [0.25, 0.3) is 15.0 Å². The van der Waals surface area contributed by atoms with Gasteiger partial charge in [-0.2, -0.15) is 0 Å². The van der Waals surface area contributed by atoms with E-state index in [4.69, 9.17) is 15.4 Å². The molecule has 22 heavy (non-hydrogen) atoms. The molecule has 5 nitrogen and oxygen atoms in total. The molecule has 0 aliphatic heterocycles. The van der Waals surface area contributed by atoms with Gasteiger partial charge in [-0.05, 0) is 31.4 Å². The first-order valence-corrected chi connectivity index (χ1v) is 9.44. The molecule has 1 rings (SSSR count). The zero-order chi connectivity index (χ0) is 17.1. The van der Waals surface area contributed by atoms with Gasteiger partial charge in [0.1, 0.15) is 5.75 Å². The van der Waals surface area contributed by atoms with Crippen molar-refractivity contribution in [1.29, 1.82) is 0 Å². The van der Waals surface area contributed by atoms with Gasteiger partial charge < -0.3 is 9.64 Å². The van der Waals surface area contributed by atoms with Crippen molar-refractivity contribution in [2.45, 2.75) is 38.5 Å². The van der Waals surface area contributed by atoms with Gasteiger partial charge >= 0.3 is 0 Å². The van der Waals surface area contributed by atoms with E-state index in [1.807, 2.05) is 27.7 Å². The highest BCUT2D eigenvalue weighted by atomic mass is 35.7. The third kappa shape index (κ3) is 3.93. The molecule has 1 aromatic rings. The number of ether oxygens (including phenoxy) is 1. The number of amides is 1. The van der Waals surface area contributed by atoms with E-state index in [0.717, 1.165) is 0 Å². The number of rotatable bonds is 6. The maximum atomic E-state index is 12.8. The Labute approximate surface area is 136 Å². The number of carbonyl (C=O) groups is 1. The summed E-state index contributed by atoms with van der Waals surface area (Å²) in [4.78, 5) is 14.1. The normalized spacial score (nSPS) is 11.6. The van der Waals surface area contributed by atoms with E-state index >= 15 is 0 Å². The van der Waals surface area contributed by atoms with Gasteiger partial charge in [-0.15, -0.1) is 0 Å². The Hall–Kier alpha value is -1.27. The molecule has 0 bridgehead atoms. The van der Waals surface area contributed by atoms with Crippen LogP contribution in [0.25, 0.3) is 0 Å². The lowest BCUT2D eigenvalue weighted by atomic mass is 9.95. The minimum Gasteiger partial charge on any atom is -0.497 e. The van der Waals surface area contributed by atoms with Crippen LogP contribution < -0.4 is 4.74 Å². The summed E-state index contributed by atoms with van der Waals surface area (Å²) >= 11 is 0. The molecule has 0 aromatic heterocycles. The average Bonchev–Trinajstić information content (AvgIpc) is 2.45. The molecule has 0 saturated heterocycles. The molecule has 0 heterocycles. The smallest absolute Gasteiger partial charge is 0.262 e. The maximum Gasteiger partial charge on any atom is 0.262 e. The predicted molar refractivity (Wildman–Crippen MR) is 87.4 cm³/mol. The van der Waals surface area contributed by atoms with Crippen LogP contribution >= 0.6 is 10.7 Å². The van der Waals surface area contributed by atoms with Gasteiger partial charge in [0.15, 0.2) is 0 Å². The lowest BCUT2D eigenvalue weighted by Gasteiger charge is -2.23. The van der Waals surface area contributed by atoms with Crippen LogP contribution in [0.1, 0.15) is 49.5 Å². The van der Waals surface area contributed by atoms with Gasteiger partial charge in [-0.25, -0.2) is 8.42 Å². The Balaban J connectivity index is 3.75. The van der Waals surface area contributed by atoms with Gasteiger partial charge in [-0.1, -0.05) is 13.8 Å². The third-order valence-corrected chi connectivity index (χ3v) is 4.84. The van der Waals surface area contributed by atoms with Crippen molar-refractivity contribution in [3.63, 3.8) is 0 Å². The topological polar surface area (TPSA) is 63.7 Å². The Kier molecular flexibility index (Phi) is 6.26. The molecule has 0 aliphatic rings. The van der Waals surface area contributed by atoms with Crippen molar-refractivity contribution in [1.82, 2.24) is 4.90 Å². The minimum atomic E-state index is -4.07. The molecular weight excluding hydrogens is 326 g/mol. The molecule has 1 amide bonds. The Bertz CT molecular complexity index is 652. The molecule has 124 valence electrons. The van der Waals surface area contributed by atoms with Crippen LogP contribution in [0, 0.1) is 0 Å². The van der Waals surface area contributed by atoms with Crippen LogP contribution in [0.15, 0.2) is 17.0 Å². The monoisotopic (exact) mass is 347 g/mol. The molecule has 0 radical (unpaired) electrons. The molecule has 7 heteroatoms. The summed E-state index contributed by atoms with van der Waals surface area (Å²) < 4.78 is 29.0. The molecule has 0 spiro atoms. The van der Waals surface area contributed by atoms with Crippen molar-refractivity contribution >= 4 is 25.6 Å². The van der Waals surface area contributed by atoms with E-state index in [2.05, 4.69) is 0 Å². The van der Waals surface area contributed by atoms with Crippen LogP contribution in [-0.2, 0) is 9.05 Å². The number of halogens is 1. The highest BCUT2D eigenvalue weighted by molar-refractivity contribution is 8.13. The largest absolute Gasteiger partial charge is 0.497 e. The molecular formula is C15H22ClNO4S. The summed E-state index contributed by atoms with van der Waals surface area (Å²) in [5.41, 5.74) is 0.741. The highest BCUT2D eigenvalue weighted by Crippen LogP contribution is 2.33. The van der Waals surface area contributed by atoms with Crippen LogP contribution in [0.4, 0.5) is 0 Å². The summed E-state index contributed by atoms with van der Waals surface area (Å²) in [7, 11) is 2.92. The van der Waals surface area contributed by atoms with Crippen LogP contribution in [0.5, 0.6) is 5.75 Å². The quantitative estimate of drug-likeness (QED) is 0.741. The number of methoxy groups -OCH3 is 1. The first kappa shape index (κ1) is 18.8. The van der Waals surface area contributed by atoms with E-state index in [-0.39, 0.29) is 22.3 Å². The molecule has 0 N–H and O–H groups in total. The fourth-order valence-corrected chi connectivity index (χ4v) is 3.35. The highest BCUT2D eigenvalue weighted by Gasteiger charge is 2.28. The number of nitrogens with zero attached hydrogens (tertiary/aromatic N) is 1. The van der Waals surface area contributed by atoms with Crippen molar-refractivity contribution < 1.29 is 17.9 Å². The number of hydrogen-bond donors (Lipinski definition) is 0. The van der Waals surface area contributed by atoms with Crippen molar-refractivity contribution in [3.8, 4) is 5.75 Å². The van der Waals surface area contributed by atoms with Gasteiger partial charge in [-0.3, -0.25) is 4.79 Å². The third-order valence-electron chi connectivity index (χ3n) is 3.49. The molecule has 0 atom stereocenters. The Morgan fingerprint density at radius 1 is 1.27 bits per heavy atom. The Morgan fingerprint density at radius 2 is 1.82 bits per heavy atom. The van der Waals surface area contributed by atoms with E-state index in [0.29, 0.717) is 24.4 Å². The standard InChI is InChI=1S/C15H22ClNO4S/c1-6-17(7-2)15(18)14-12(10(3)4)8-11(21-5)9-13(14)22(16,19)20/h8-10H,6-7H2,1-5H3. The SMILES string of the molecule is CCN(CC)C(=O)c1c(C(C)C)cc(OC)cc1S(=O)(=O)Cl. The summed E-state index contributed by atoms with van der Waals surface area (Å²) in [6.07, 6.45) is 0. The van der Waals surface area contributed by atoms with Crippen molar-refractivity contribution in [2.24, 2.45) is 0 Å². The molecule has 0 fully saturated rings. The van der Waals surface area contributed by atoms with Gasteiger partial charge in [0.05, 0.1) is 17.6 Å². The lowest BCUT2D eigenvalue weighted by molar-refractivity contribution is 0.0767. The molecule has 0 saturated carbocycles. The first-order chi connectivity index (χ1) is 10.2. The van der Waals surface area contributed by atoms with Crippen LogP contribution in [0.2, 0.25) is 0 Å². The summed E-state index contributed by atoms with van der Waals surface area (Å²) in [6, 6.07) is 2.98.